The number of benzene rings is 1. The van der Waals surface area contributed by atoms with Crippen molar-refractivity contribution in [3.63, 3.8) is 0 Å². The highest BCUT2D eigenvalue weighted by atomic mass is 16.5. The molecule has 128 valence electrons. The average Bonchev–Trinajstić information content (AvgIpc) is 2.59. The Hall–Kier alpha value is -1.59. The molecule has 5 heteroatoms. The minimum absolute atomic E-state index is 0.0904. The summed E-state index contributed by atoms with van der Waals surface area (Å²) in [6, 6.07) is 7.56. The number of carbonyl (C=O) groups is 1. The van der Waals surface area contributed by atoms with Gasteiger partial charge in [0.2, 0.25) is 0 Å². The quantitative estimate of drug-likeness (QED) is 0.756. The summed E-state index contributed by atoms with van der Waals surface area (Å²) in [6.45, 7) is 8.51. The van der Waals surface area contributed by atoms with Gasteiger partial charge in [-0.25, -0.2) is 0 Å². The van der Waals surface area contributed by atoms with Crippen LogP contribution in [0.5, 0.6) is 0 Å². The Morgan fingerprint density at radius 3 is 2.52 bits per heavy atom. The normalized spacial score (nSPS) is 17.2. The van der Waals surface area contributed by atoms with E-state index in [2.05, 4.69) is 24.1 Å². The SMILES string of the molecule is CCC(CC)C(CNC(=O)c1ccccc1N)N1CCOCC1. The largest absolute Gasteiger partial charge is 0.398 e. The fourth-order valence-electron chi connectivity index (χ4n) is 3.33. The average molecular weight is 319 g/mol. The van der Waals surface area contributed by atoms with Crippen LogP contribution >= 0.6 is 0 Å². The first-order valence-electron chi connectivity index (χ1n) is 8.61. The van der Waals surface area contributed by atoms with E-state index in [1.807, 2.05) is 12.1 Å². The van der Waals surface area contributed by atoms with Crippen LogP contribution in [0.3, 0.4) is 0 Å². The molecule has 0 radical (unpaired) electrons. The number of nitrogens with two attached hydrogens (primary N) is 1. The summed E-state index contributed by atoms with van der Waals surface area (Å²) in [5, 5.41) is 3.08. The molecule has 1 saturated heterocycles. The number of ether oxygens (including phenoxy) is 1. The number of amides is 1. The third-order valence-corrected chi connectivity index (χ3v) is 4.78. The molecule has 1 unspecified atom stereocenters. The van der Waals surface area contributed by atoms with Gasteiger partial charge in [0, 0.05) is 31.4 Å². The highest BCUT2D eigenvalue weighted by Gasteiger charge is 2.27. The van der Waals surface area contributed by atoms with Gasteiger partial charge in [-0.1, -0.05) is 38.8 Å². The van der Waals surface area contributed by atoms with E-state index in [4.69, 9.17) is 10.5 Å². The molecule has 1 atom stereocenters. The van der Waals surface area contributed by atoms with E-state index >= 15 is 0 Å². The fraction of sp³-hybridized carbons (Fsp3) is 0.611. The summed E-state index contributed by atoms with van der Waals surface area (Å²) in [5.74, 6) is 0.480. The first kappa shape index (κ1) is 17.8. The van der Waals surface area contributed by atoms with E-state index in [0.717, 1.165) is 39.1 Å². The molecule has 0 spiro atoms. The van der Waals surface area contributed by atoms with Crippen molar-refractivity contribution in [1.82, 2.24) is 10.2 Å². The molecule has 0 bridgehead atoms. The summed E-state index contributed by atoms with van der Waals surface area (Å²) in [6.07, 6.45) is 2.23. The maximum atomic E-state index is 12.4. The third kappa shape index (κ3) is 4.69. The van der Waals surface area contributed by atoms with E-state index < -0.39 is 0 Å². The molecule has 1 amide bonds. The minimum atomic E-state index is -0.0904. The second kappa shape index (κ2) is 8.89. The number of para-hydroxylation sites is 1. The van der Waals surface area contributed by atoms with Crippen molar-refractivity contribution in [3.8, 4) is 0 Å². The van der Waals surface area contributed by atoms with Gasteiger partial charge in [0.1, 0.15) is 0 Å². The lowest BCUT2D eigenvalue weighted by Crippen LogP contribution is -2.52. The van der Waals surface area contributed by atoms with Gasteiger partial charge in [-0.15, -0.1) is 0 Å². The highest BCUT2D eigenvalue weighted by molar-refractivity contribution is 5.99. The number of carbonyl (C=O) groups excluding carboxylic acids is 1. The molecule has 5 nitrogen and oxygen atoms in total. The zero-order valence-corrected chi connectivity index (χ0v) is 14.3. The van der Waals surface area contributed by atoms with Gasteiger partial charge in [-0.2, -0.15) is 0 Å². The molecule has 0 aromatic heterocycles. The minimum Gasteiger partial charge on any atom is -0.398 e. The Bertz CT molecular complexity index is 497. The second-order valence-corrected chi connectivity index (χ2v) is 6.09. The maximum absolute atomic E-state index is 12.4. The lowest BCUT2D eigenvalue weighted by molar-refractivity contribution is 0.00191. The van der Waals surface area contributed by atoms with Crippen LogP contribution < -0.4 is 11.1 Å². The van der Waals surface area contributed by atoms with Crippen molar-refractivity contribution >= 4 is 11.6 Å². The smallest absolute Gasteiger partial charge is 0.253 e. The van der Waals surface area contributed by atoms with Gasteiger partial charge >= 0.3 is 0 Å². The number of morpholine rings is 1. The van der Waals surface area contributed by atoms with Crippen LogP contribution in [0.15, 0.2) is 24.3 Å². The van der Waals surface area contributed by atoms with Gasteiger partial charge in [0.05, 0.1) is 18.8 Å². The van der Waals surface area contributed by atoms with Crippen molar-refractivity contribution in [3.05, 3.63) is 29.8 Å². The highest BCUT2D eigenvalue weighted by Crippen LogP contribution is 2.20. The van der Waals surface area contributed by atoms with E-state index in [9.17, 15) is 4.79 Å². The van der Waals surface area contributed by atoms with Crippen molar-refractivity contribution in [2.75, 3.05) is 38.6 Å². The zero-order chi connectivity index (χ0) is 16.7. The lowest BCUT2D eigenvalue weighted by Gasteiger charge is -2.38. The van der Waals surface area contributed by atoms with Crippen LogP contribution in [0.25, 0.3) is 0 Å². The summed E-state index contributed by atoms with van der Waals surface area (Å²) in [4.78, 5) is 14.9. The standard InChI is InChI=1S/C18H29N3O2/c1-3-14(4-2)17(21-9-11-23-12-10-21)13-20-18(22)15-7-5-6-8-16(15)19/h5-8,14,17H,3-4,9-13,19H2,1-2H3,(H,20,22). The first-order valence-corrected chi connectivity index (χ1v) is 8.61. The van der Waals surface area contributed by atoms with E-state index in [1.165, 1.54) is 0 Å². The number of hydrogen-bond acceptors (Lipinski definition) is 4. The molecule has 1 heterocycles. The molecule has 0 saturated carbocycles. The predicted octanol–water partition coefficient (Wildman–Crippen LogP) is 2.14. The Morgan fingerprint density at radius 1 is 1.26 bits per heavy atom. The first-order chi connectivity index (χ1) is 11.2. The Balaban J connectivity index is 2.02. The van der Waals surface area contributed by atoms with Crippen LogP contribution in [0.1, 0.15) is 37.0 Å². The molecule has 1 fully saturated rings. The van der Waals surface area contributed by atoms with Gasteiger partial charge in [0.25, 0.3) is 5.91 Å². The Kier molecular flexibility index (Phi) is 6.86. The Labute approximate surface area is 139 Å². The summed E-state index contributed by atoms with van der Waals surface area (Å²) < 4.78 is 5.46. The number of anilines is 1. The topological polar surface area (TPSA) is 67.6 Å². The number of nitrogen functional groups attached to an aromatic ring is 1. The van der Waals surface area contributed by atoms with Crippen LogP contribution in [0.4, 0.5) is 5.69 Å². The van der Waals surface area contributed by atoms with E-state index in [-0.39, 0.29) is 5.91 Å². The van der Waals surface area contributed by atoms with Crippen molar-refractivity contribution in [1.29, 1.82) is 0 Å². The predicted molar refractivity (Wildman–Crippen MR) is 93.4 cm³/mol. The molecular formula is C18H29N3O2. The molecule has 1 aromatic rings. The van der Waals surface area contributed by atoms with Crippen LogP contribution in [-0.2, 0) is 4.74 Å². The maximum Gasteiger partial charge on any atom is 0.253 e. The van der Waals surface area contributed by atoms with Gasteiger partial charge < -0.3 is 15.8 Å². The molecule has 1 aliphatic heterocycles. The Morgan fingerprint density at radius 2 is 1.91 bits per heavy atom. The van der Waals surface area contributed by atoms with Crippen molar-refractivity contribution in [2.45, 2.75) is 32.7 Å². The summed E-state index contributed by atoms with van der Waals surface area (Å²) in [7, 11) is 0. The lowest BCUT2D eigenvalue weighted by atomic mass is 9.92. The molecule has 2 rings (SSSR count). The van der Waals surface area contributed by atoms with Gasteiger partial charge in [-0.3, -0.25) is 9.69 Å². The van der Waals surface area contributed by atoms with Crippen molar-refractivity contribution in [2.24, 2.45) is 5.92 Å². The van der Waals surface area contributed by atoms with Crippen LogP contribution in [0.2, 0.25) is 0 Å². The number of nitrogens with zero attached hydrogens (tertiary/aromatic N) is 1. The van der Waals surface area contributed by atoms with E-state index in [1.54, 1.807) is 12.1 Å². The second-order valence-electron chi connectivity index (χ2n) is 6.09. The molecule has 0 aliphatic carbocycles. The number of rotatable bonds is 7. The number of hydrogen-bond donors (Lipinski definition) is 2. The summed E-state index contributed by atoms with van der Waals surface area (Å²) >= 11 is 0. The molecular weight excluding hydrogens is 290 g/mol. The summed E-state index contributed by atoms with van der Waals surface area (Å²) in [5.41, 5.74) is 6.97. The van der Waals surface area contributed by atoms with E-state index in [0.29, 0.717) is 29.8 Å². The van der Waals surface area contributed by atoms with Gasteiger partial charge in [0.15, 0.2) is 0 Å². The van der Waals surface area contributed by atoms with Crippen molar-refractivity contribution < 1.29 is 9.53 Å². The number of nitrogens with one attached hydrogen (secondary N) is 1. The molecule has 1 aliphatic rings. The van der Waals surface area contributed by atoms with Crippen LogP contribution in [0, 0.1) is 5.92 Å². The molecule has 23 heavy (non-hydrogen) atoms. The zero-order valence-electron chi connectivity index (χ0n) is 14.3. The monoisotopic (exact) mass is 319 g/mol. The molecule has 1 aromatic carbocycles. The molecule has 3 N–H and O–H groups in total. The van der Waals surface area contributed by atoms with Crippen LogP contribution in [-0.4, -0.2) is 49.7 Å². The van der Waals surface area contributed by atoms with Gasteiger partial charge in [-0.05, 0) is 18.1 Å². The fourth-order valence-corrected chi connectivity index (χ4v) is 3.33. The third-order valence-electron chi connectivity index (χ3n) is 4.78.